The van der Waals surface area contributed by atoms with Crippen LogP contribution in [0.5, 0.6) is 5.75 Å². The number of nitrogens with one attached hydrogen (secondary N) is 1. The Balaban J connectivity index is 1.92. The second-order valence-electron chi connectivity index (χ2n) is 7.24. The quantitative estimate of drug-likeness (QED) is 0.235. The Hall–Kier alpha value is -1.77. The number of benzene rings is 1. The van der Waals surface area contributed by atoms with Crippen LogP contribution in [0, 0.1) is 5.82 Å². The van der Waals surface area contributed by atoms with Crippen molar-refractivity contribution in [1.29, 1.82) is 0 Å². The van der Waals surface area contributed by atoms with E-state index in [0.717, 1.165) is 32.4 Å². The molecule has 8 heteroatoms. The number of pyridine rings is 1. The van der Waals surface area contributed by atoms with Gasteiger partial charge >= 0.3 is 0 Å². The van der Waals surface area contributed by atoms with Crippen molar-refractivity contribution in [3.63, 3.8) is 0 Å². The Kier molecular flexibility index (Phi) is 8.63. The predicted octanol–water partition coefficient (Wildman–Crippen LogP) is 5.95. The number of aryl methyl sites for hydroxylation is 1. The average molecular weight is 555 g/mol. The van der Waals surface area contributed by atoms with Crippen LogP contribution in [0.3, 0.4) is 0 Å². The van der Waals surface area contributed by atoms with Crippen LogP contribution in [-0.2, 0) is 6.42 Å². The fourth-order valence-electron chi connectivity index (χ4n) is 3.34. The molecule has 3 rings (SSSR count). The number of ether oxygens (including phenoxy) is 1. The summed E-state index contributed by atoms with van der Waals surface area (Å²) in [5.41, 5.74) is 2.13. The minimum atomic E-state index is -0.412. The number of hydrogen-bond donors (Lipinski definition) is 1. The van der Waals surface area contributed by atoms with Crippen LogP contribution in [0.25, 0.3) is 5.65 Å². The highest BCUT2D eigenvalue weighted by Crippen LogP contribution is 2.36. The number of rotatable bonds is 11. The summed E-state index contributed by atoms with van der Waals surface area (Å²) in [6.45, 7) is 6.52. The van der Waals surface area contributed by atoms with Gasteiger partial charge in [0.1, 0.15) is 22.9 Å². The first-order valence-corrected chi connectivity index (χ1v) is 12.1. The Morgan fingerprint density at radius 3 is 2.61 bits per heavy atom. The number of nitrogens with zero attached hydrogens (tertiary/aromatic N) is 2. The van der Waals surface area contributed by atoms with Crippen molar-refractivity contribution in [2.45, 2.75) is 39.5 Å². The highest BCUT2D eigenvalue weighted by Gasteiger charge is 2.23. The Morgan fingerprint density at radius 1 is 1.19 bits per heavy atom. The maximum absolute atomic E-state index is 13.9. The summed E-state index contributed by atoms with van der Waals surface area (Å²) < 4.78 is 22.7. The van der Waals surface area contributed by atoms with Gasteiger partial charge in [-0.1, -0.05) is 20.3 Å². The lowest BCUT2D eigenvalue weighted by Crippen LogP contribution is -2.16. The van der Waals surface area contributed by atoms with Crippen LogP contribution in [0.2, 0.25) is 0 Å². The van der Waals surface area contributed by atoms with E-state index in [1.54, 1.807) is 22.6 Å². The average Bonchev–Trinajstić information content (AvgIpc) is 3.10. The summed E-state index contributed by atoms with van der Waals surface area (Å²) in [5, 5.41) is 3.26. The van der Waals surface area contributed by atoms with Crippen molar-refractivity contribution < 1.29 is 13.9 Å². The molecule has 2 aromatic heterocycles. The Labute approximate surface area is 198 Å². The first-order valence-electron chi connectivity index (χ1n) is 10.5. The molecule has 0 radical (unpaired) electrons. The number of fused-ring (bicyclic) bond motifs is 1. The molecule has 166 valence electrons. The summed E-state index contributed by atoms with van der Waals surface area (Å²) >= 11 is 7.06. The highest BCUT2D eigenvalue weighted by molar-refractivity contribution is 9.11. The molecule has 3 aromatic rings. The van der Waals surface area contributed by atoms with Gasteiger partial charge < -0.3 is 10.1 Å². The zero-order chi connectivity index (χ0) is 22.4. The standard InChI is InChI=1S/C23H26Br2FN3O2/c1-3-5-7-19-21(29-14-16(26)8-9-20(29)28-19)22(30)15-12-17(24)23(18(25)13-15)31-11-6-10-27-4-2/h8-9,12-14,27H,3-7,10-11H2,1-2H3. The minimum absolute atomic E-state index is 0.204. The Bertz CT molecular complexity index is 1050. The monoisotopic (exact) mass is 553 g/mol. The van der Waals surface area contributed by atoms with Crippen LogP contribution in [0.15, 0.2) is 39.4 Å². The predicted molar refractivity (Wildman–Crippen MR) is 128 cm³/mol. The molecule has 0 aliphatic rings. The number of unbranched alkanes of at least 4 members (excludes halogenated alkanes) is 1. The molecule has 2 heterocycles. The van der Waals surface area contributed by atoms with Crippen molar-refractivity contribution in [2.75, 3.05) is 19.7 Å². The highest BCUT2D eigenvalue weighted by atomic mass is 79.9. The number of carbonyl (C=O) groups is 1. The van der Waals surface area contributed by atoms with E-state index in [-0.39, 0.29) is 5.78 Å². The number of hydrogen-bond acceptors (Lipinski definition) is 4. The van der Waals surface area contributed by atoms with Gasteiger partial charge in [0.05, 0.1) is 21.2 Å². The second-order valence-corrected chi connectivity index (χ2v) is 8.95. The first-order chi connectivity index (χ1) is 15.0. The summed E-state index contributed by atoms with van der Waals surface area (Å²) in [7, 11) is 0. The third-order valence-electron chi connectivity index (χ3n) is 4.89. The molecule has 0 atom stereocenters. The van der Waals surface area contributed by atoms with Crippen LogP contribution in [-0.4, -0.2) is 34.9 Å². The zero-order valence-electron chi connectivity index (χ0n) is 17.7. The topological polar surface area (TPSA) is 55.6 Å². The van der Waals surface area contributed by atoms with Gasteiger partial charge in [0, 0.05) is 11.8 Å². The molecule has 0 saturated heterocycles. The van der Waals surface area contributed by atoms with Gasteiger partial charge in [-0.2, -0.15) is 0 Å². The summed E-state index contributed by atoms with van der Waals surface area (Å²) in [6.07, 6.45) is 4.74. The molecule has 0 aliphatic heterocycles. The van der Waals surface area contributed by atoms with Crippen LogP contribution >= 0.6 is 31.9 Å². The SMILES string of the molecule is CCCCc1nc2ccc(F)cn2c1C(=O)c1cc(Br)c(OCCCNCC)c(Br)c1. The molecule has 0 fully saturated rings. The summed E-state index contributed by atoms with van der Waals surface area (Å²) in [5.74, 6) is 0.0393. The number of halogens is 3. The van der Waals surface area contributed by atoms with Crippen molar-refractivity contribution in [3.05, 3.63) is 62.2 Å². The van der Waals surface area contributed by atoms with Gasteiger partial charge in [-0.3, -0.25) is 9.20 Å². The number of aromatic nitrogens is 2. The lowest BCUT2D eigenvalue weighted by atomic mass is 10.0. The van der Waals surface area contributed by atoms with E-state index >= 15 is 0 Å². The van der Waals surface area contributed by atoms with Crippen molar-refractivity contribution in [1.82, 2.24) is 14.7 Å². The molecule has 0 spiro atoms. The van der Waals surface area contributed by atoms with Crippen molar-refractivity contribution >= 4 is 43.3 Å². The smallest absolute Gasteiger partial charge is 0.211 e. The summed E-state index contributed by atoms with van der Waals surface area (Å²) in [4.78, 5) is 18.1. The normalized spacial score (nSPS) is 11.3. The van der Waals surface area contributed by atoms with E-state index in [0.29, 0.717) is 50.3 Å². The number of ketones is 1. The third kappa shape index (κ3) is 5.73. The maximum Gasteiger partial charge on any atom is 0.211 e. The molecular weight excluding hydrogens is 529 g/mol. The van der Waals surface area contributed by atoms with E-state index in [2.05, 4.69) is 56.0 Å². The van der Waals surface area contributed by atoms with E-state index in [9.17, 15) is 9.18 Å². The molecule has 0 bridgehead atoms. The zero-order valence-corrected chi connectivity index (χ0v) is 20.9. The Morgan fingerprint density at radius 2 is 1.94 bits per heavy atom. The molecule has 0 amide bonds. The fraction of sp³-hybridized carbons (Fsp3) is 0.391. The van der Waals surface area contributed by atoms with E-state index in [1.165, 1.54) is 12.3 Å². The lowest BCUT2D eigenvalue weighted by molar-refractivity contribution is 0.103. The van der Waals surface area contributed by atoms with Crippen LogP contribution in [0.4, 0.5) is 4.39 Å². The van der Waals surface area contributed by atoms with Gasteiger partial charge in [-0.05, 0) is 88.5 Å². The van der Waals surface area contributed by atoms with E-state index < -0.39 is 5.82 Å². The lowest BCUT2D eigenvalue weighted by Gasteiger charge is -2.12. The maximum atomic E-state index is 13.9. The first kappa shape index (κ1) is 23.9. The number of carbonyl (C=O) groups excluding carboxylic acids is 1. The molecular formula is C23H26Br2FN3O2. The number of imidazole rings is 1. The molecule has 0 saturated carbocycles. The van der Waals surface area contributed by atoms with Crippen molar-refractivity contribution in [3.8, 4) is 5.75 Å². The third-order valence-corrected chi connectivity index (χ3v) is 6.07. The summed E-state index contributed by atoms with van der Waals surface area (Å²) in [6, 6.07) is 6.44. The van der Waals surface area contributed by atoms with Gasteiger partial charge in [-0.25, -0.2) is 9.37 Å². The second kappa shape index (κ2) is 11.2. The van der Waals surface area contributed by atoms with Gasteiger partial charge in [0.2, 0.25) is 5.78 Å². The van der Waals surface area contributed by atoms with E-state index in [1.807, 2.05) is 0 Å². The van der Waals surface area contributed by atoms with E-state index in [4.69, 9.17) is 4.74 Å². The molecule has 1 N–H and O–H groups in total. The minimum Gasteiger partial charge on any atom is -0.491 e. The van der Waals surface area contributed by atoms with Crippen LogP contribution in [0.1, 0.15) is 54.9 Å². The molecule has 1 aromatic carbocycles. The molecule has 0 unspecified atom stereocenters. The molecule has 31 heavy (non-hydrogen) atoms. The van der Waals surface area contributed by atoms with Gasteiger partial charge in [-0.15, -0.1) is 0 Å². The van der Waals surface area contributed by atoms with Gasteiger partial charge in [0.15, 0.2) is 0 Å². The molecule has 0 aliphatic carbocycles. The molecule has 5 nitrogen and oxygen atoms in total. The van der Waals surface area contributed by atoms with Gasteiger partial charge in [0.25, 0.3) is 0 Å². The largest absolute Gasteiger partial charge is 0.491 e. The fourth-order valence-corrected chi connectivity index (χ4v) is 4.76. The van der Waals surface area contributed by atoms with Crippen molar-refractivity contribution in [2.24, 2.45) is 0 Å². The van der Waals surface area contributed by atoms with Crippen LogP contribution < -0.4 is 10.1 Å².